The first-order valence-corrected chi connectivity index (χ1v) is 8.88. The highest BCUT2D eigenvalue weighted by atomic mass is 16.6. The normalized spacial score (nSPS) is 11.2. The Labute approximate surface area is 162 Å². The minimum Gasteiger partial charge on any atom is -0.467 e. The summed E-state index contributed by atoms with van der Waals surface area (Å²) < 4.78 is 5.34. The topological polar surface area (TPSA) is 106 Å². The number of pyridine rings is 1. The molecule has 0 aliphatic carbocycles. The van der Waals surface area contributed by atoms with Crippen molar-refractivity contribution in [3.8, 4) is 0 Å². The number of rotatable bonds is 8. The molecule has 0 spiro atoms. The van der Waals surface area contributed by atoms with Gasteiger partial charge in [0.1, 0.15) is 5.76 Å². The molecule has 28 heavy (non-hydrogen) atoms. The first-order chi connectivity index (χ1) is 13.7. The molecule has 0 fully saturated rings. The molecule has 8 heteroatoms. The number of furan rings is 1. The van der Waals surface area contributed by atoms with E-state index in [9.17, 15) is 10.1 Å². The van der Waals surface area contributed by atoms with E-state index in [1.165, 1.54) is 12.1 Å². The summed E-state index contributed by atoms with van der Waals surface area (Å²) in [7, 11) is 0. The number of aliphatic imine (C=N–C) groups is 1. The SMILES string of the molecule is O=[N+]([O-])c1ccc(CN=C(NCCc2ccccn2)NCc2ccco2)cc1. The lowest BCUT2D eigenvalue weighted by Crippen LogP contribution is -2.38. The van der Waals surface area contributed by atoms with Gasteiger partial charge in [-0.1, -0.05) is 18.2 Å². The third-order valence-electron chi connectivity index (χ3n) is 3.98. The van der Waals surface area contributed by atoms with Gasteiger partial charge in [-0.3, -0.25) is 15.1 Å². The van der Waals surface area contributed by atoms with Gasteiger partial charge in [-0.15, -0.1) is 0 Å². The number of nitrogens with one attached hydrogen (secondary N) is 2. The van der Waals surface area contributed by atoms with Gasteiger partial charge in [0.15, 0.2) is 5.96 Å². The molecule has 0 saturated heterocycles. The molecule has 2 heterocycles. The van der Waals surface area contributed by atoms with Crippen LogP contribution in [0.3, 0.4) is 0 Å². The summed E-state index contributed by atoms with van der Waals surface area (Å²) in [5.41, 5.74) is 1.95. The molecule has 0 aliphatic rings. The van der Waals surface area contributed by atoms with E-state index in [4.69, 9.17) is 4.42 Å². The van der Waals surface area contributed by atoms with Crippen molar-refractivity contribution in [2.24, 2.45) is 4.99 Å². The van der Waals surface area contributed by atoms with Crippen LogP contribution < -0.4 is 10.6 Å². The molecule has 3 rings (SSSR count). The summed E-state index contributed by atoms with van der Waals surface area (Å²) in [6.45, 7) is 1.57. The van der Waals surface area contributed by atoms with Crippen molar-refractivity contribution >= 4 is 11.6 Å². The Hall–Kier alpha value is -3.68. The van der Waals surface area contributed by atoms with E-state index in [-0.39, 0.29) is 5.69 Å². The van der Waals surface area contributed by atoms with Crippen LogP contribution in [0.15, 0.2) is 76.5 Å². The molecule has 144 valence electrons. The van der Waals surface area contributed by atoms with E-state index in [2.05, 4.69) is 20.6 Å². The lowest BCUT2D eigenvalue weighted by atomic mass is 10.2. The van der Waals surface area contributed by atoms with Gasteiger partial charge in [0, 0.05) is 37.0 Å². The van der Waals surface area contributed by atoms with Crippen molar-refractivity contribution in [2.75, 3.05) is 6.54 Å². The lowest BCUT2D eigenvalue weighted by molar-refractivity contribution is -0.384. The molecule has 0 amide bonds. The zero-order chi connectivity index (χ0) is 19.6. The third-order valence-corrected chi connectivity index (χ3v) is 3.98. The van der Waals surface area contributed by atoms with Crippen LogP contribution in [0.1, 0.15) is 17.0 Å². The summed E-state index contributed by atoms with van der Waals surface area (Å²) in [5, 5.41) is 17.3. The van der Waals surface area contributed by atoms with Gasteiger partial charge in [0.2, 0.25) is 0 Å². The van der Waals surface area contributed by atoms with Gasteiger partial charge in [-0.05, 0) is 29.8 Å². The molecule has 2 N–H and O–H groups in total. The minimum atomic E-state index is -0.414. The fourth-order valence-electron chi connectivity index (χ4n) is 2.51. The second-order valence-electron chi connectivity index (χ2n) is 6.02. The molecule has 0 saturated carbocycles. The van der Waals surface area contributed by atoms with Gasteiger partial charge in [-0.25, -0.2) is 4.99 Å². The van der Waals surface area contributed by atoms with E-state index < -0.39 is 4.92 Å². The van der Waals surface area contributed by atoms with Crippen molar-refractivity contribution in [3.05, 3.63) is 94.2 Å². The highest BCUT2D eigenvalue weighted by molar-refractivity contribution is 5.79. The Morgan fingerprint density at radius 3 is 2.64 bits per heavy atom. The van der Waals surface area contributed by atoms with Crippen LogP contribution >= 0.6 is 0 Å². The van der Waals surface area contributed by atoms with Gasteiger partial charge in [-0.2, -0.15) is 0 Å². The molecule has 8 nitrogen and oxygen atoms in total. The number of nitro benzene ring substituents is 1. The second-order valence-corrected chi connectivity index (χ2v) is 6.02. The lowest BCUT2D eigenvalue weighted by Gasteiger charge is -2.12. The molecular weight excluding hydrogens is 358 g/mol. The minimum absolute atomic E-state index is 0.0670. The Balaban J connectivity index is 1.60. The van der Waals surface area contributed by atoms with E-state index in [0.717, 1.165) is 23.4 Å². The van der Waals surface area contributed by atoms with Crippen LogP contribution in [-0.4, -0.2) is 22.4 Å². The molecule has 1 aromatic carbocycles. The number of hydrogen-bond donors (Lipinski definition) is 2. The van der Waals surface area contributed by atoms with Crippen LogP contribution in [0.4, 0.5) is 5.69 Å². The Bertz CT molecular complexity index is 893. The Morgan fingerprint density at radius 1 is 1.11 bits per heavy atom. The summed E-state index contributed by atoms with van der Waals surface area (Å²) >= 11 is 0. The van der Waals surface area contributed by atoms with Gasteiger partial charge < -0.3 is 15.1 Å². The predicted molar refractivity (Wildman–Crippen MR) is 106 cm³/mol. The fourth-order valence-corrected chi connectivity index (χ4v) is 2.51. The van der Waals surface area contributed by atoms with Crippen molar-refractivity contribution < 1.29 is 9.34 Å². The van der Waals surface area contributed by atoms with Crippen LogP contribution in [-0.2, 0) is 19.5 Å². The monoisotopic (exact) mass is 379 g/mol. The van der Waals surface area contributed by atoms with E-state index in [0.29, 0.717) is 25.6 Å². The highest BCUT2D eigenvalue weighted by Gasteiger charge is 2.05. The average Bonchev–Trinajstić information content (AvgIpc) is 3.24. The smallest absolute Gasteiger partial charge is 0.269 e. The number of guanidine groups is 1. The summed E-state index contributed by atoms with van der Waals surface area (Å²) in [4.78, 5) is 19.2. The highest BCUT2D eigenvalue weighted by Crippen LogP contribution is 2.12. The van der Waals surface area contributed by atoms with Crippen LogP contribution in [0.5, 0.6) is 0 Å². The molecule has 0 aliphatic heterocycles. The van der Waals surface area contributed by atoms with Crippen molar-refractivity contribution in [1.29, 1.82) is 0 Å². The number of nitrogens with zero attached hydrogens (tertiary/aromatic N) is 3. The maximum Gasteiger partial charge on any atom is 0.269 e. The number of benzene rings is 1. The van der Waals surface area contributed by atoms with Gasteiger partial charge in [0.05, 0.1) is 24.3 Å². The van der Waals surface area contributed by atoms with Gasteiger partial charge in [0.25, 0.3) is 5.69 Å². The number of aromatic nitrogens is 1. The third kappa shape index (κ3) is 5.94. The molecule has 0 bridgehead atoms. The number of nitro groups is 1. The largest absolute Gasteiger partial charge is 0.467 e. The van der Waals surface area contributed by atoms with Crippen molar-refractivity contribution in [1.82, 2.24) is 15.6 Å². The summed E-state index contributed by atoms with van der Waals surface area (Å²) in [6.07, 6.45) is 4.16. The molecule has 3 aromatic rings. The van der Waals surface area contributed by atoms with E-state index >= 15 is 0 Å². The van der Waals surface area contributed by atoms with E-state index in [1.54, 1.807) is 24.6 Å². The zero-order valence-corrected chi connectivity index (χ0v) is 15.2. The Morgan fingerprint density at radius 2 is 1.96 bits per heavy atom. The van der Waals surface area contributed by atoms with Gasteiger partial charge >= 0.3 is 0 Å². The molecule has 2 aromatic heterocycles. The van der Waals surface area contributed by atoms with Crippen molar-refractivity contribution in [2.45, 2.75) is 19.5 Å². The standard InChI is InChI=1S/C20H21N5O3/c26-25(27)18-8-6-16(7-9-18)14-23-20(24-15-19-5-3-13-28-19)22-12-10-17-4-1-2-11-21-17/h1-9,11,13H,10,12,14-15H2,(H2,22,23,24). The number of non-ortho nitro benzene ring substituents is 1. The van der Waals surface area contributed by atoms with Crippen LogP contribution in [0.2, 0.25) is 0 Å². The summed E-state index contributed by atoms with van der Waals surface area (Å²) in [5.74, 6) is 1.43. The number of hydrogen-bond acceptors (Lipinski definition) is 5. The first-order valence-electron chi connectivity index (χ1n) is 8.88. The first kappa shape index (κ1) is 19.1. The quantitative estimate of drug-likeness (QED) is 0.270. The average molecular weight is 379 g/mol. The molecule has 0 radical (unpaired) electrons. The predicted octanol–water partition coefficient (Wildman–Crippen LogP) is 3.06. The molecule has 0 atom stereocenters. The Kier molecular flexibility index (Phi) is 6.73. The zero-order valence-electron chi connectivity index (χ0n) is 15.2. The van der Waals surface area contributed by atoms with Crippen LogP contribution in [0.25, 0.3) is 0 Å². The molecular formula is C20H21N5O3. The second kappa shape index (κ2) is 9.86. The van der Waals surface area contributed by atoms with E-state index in [1.807, 2.05) is 30.3 Å². The van der Waals surface area contributed by atoms with Crippen LogP contribution in [0, 0.1) is 10.1 Å². The van der Waals surface area contributed by atoms with Crippen molar-refractivity contribution in [3.63, 3.8) is 0 Å². The molecule has 0 unspecified atom stereocenters. The summed E-state index contributed by atoms with van der Waals surface area (Å²) in [6, 6.07) is 15.9. The fraction of sp³-hybridized carbons (Fsp3) is 0.200. The maximum atomic E-state index is 10.8. The maximum absolute atomic E-state index is 10.8.